The van der Waals surface area contributed by atoms with E-state index in [1.165, 1.54) is 27.0 Å². The standard InChI is InChI=1S/C26H32N6O2S/c1-28-7-6-19-23(16-28)35-25-24(19)26(33)32(17-27-25)13-10-30-8-11-31(12-9-30)22-15-29(2)21-5-4-18(34-3)14-20(21)22/h4-5,14-15,17H,6-13,16H2,1-3H3. The van der Waals surface area contributed by atoms with Crippen LogP contribution in [0.5, 0.6) is 5.75 Å². The average molecular weight is 493 g/mol. The second-order valence-corrected chi connectivity index (χ2v) is 10.8. The number of aromatic nitrogens is 3. The number of nitrogens with zero attached hydrogens (tertiary/aromatic N) is 6. The molecule has 1 aromatic carbocycles. The van der Waals surface area contributed by atoms with Crippen molar-refractivity contribution in [2.75, 3.05) is 58.3 Å². The predicted octanol–water partition coefficient (Wildman–Crippen LogP) is 2.77. The lowest BCUT2D eigenvalue weighted by Crippen LogP contribution is -2.47. The second kappa shape index (κ2) is 8.96. The molecule has 0 atom stereocenters. The Hall–Kier alpha value is -2.88. The number of methoxy groups -OCH3 is 1. The van der Waals surface area contributed by atoms with Crippen molar-refractivity contribution in [3.8, 4) is 5.75 Å². The molecule has 0 amide bonds. The van der Waals surface area contributed by atoms with Gasteiger partial charge in [0.25, 0.3) is 5.56 Å². The zero-order valence-electron chi connectivity index (χ0n) is 20.7. The molecule has 5 heterocycles. The first-order valence-corrected chi connectivity index (χ1v) is 13.1. The molecule has 9 heteroatoms. The van der Waals surface area contributed by atoms with Crippen LogP contribution in [0, 0.1) is 0 Å². The number of hydrogen-bond acceptors (Lipinski definition) is 7. The molecule has 0 aliphatic carbocycles. The van der Waals surface area contributed by atoms with Gasteiger partial charge in [-0.25, -0.2) is 4.98 Å². The Morgan fingerprint density at radius 2 is 1.91 bits per heavy atom. The van der Waals surface area contributed by atoms with Gasteiger partial charge in [-0.2, -0.15) is 0 Å². The maximum Gasteiger partial charge on any atom is 0.262 e. The van der Waals surface area contributed by atoms with Crippen molar-refractivity contribution < 1.29 is 4.74 Å². The SMILES string of the molecule is COc1ccc2c(c1)c(N1CCN(CCn3cnc4sc5c(c4c3=O)CCN(C)C5)CC1)cn2C. The number of rotatable bonds is 5. The Balaban J connectivity index is 1.14. The molecule has 4 aromatic rings. The summed E-state index contributed by atoms with van der Waals surface area (Å²) in [4.78, 5) is 27.4. The lowest BCUT2D eigenvalue weighted by molar-refractivity contribution is 0.247. The number of piperazine rings is 1. The Morgan fingerprint density at radius 3 is 2.71 bits per heavy atom. The van der Waals surface area contributed by atoms with Gasteiger partial charge in [-0.15, -0.1) is 11.3 Å². The molecule has 2 aliphatic heterocycles. The van der Waals surface area contributed by atoms with Crippen LogP contribution < -0.4 is 15.2 Å². The van der Waals surface area contributed by atoms with E-state index in [4.69, 9.17) is 4.74 Å². The van der Waals surface area contributed by atoms with Gasteiger partial charge in [-0.1, -0.05) is 0 Å². The van der Waals surface area contributed by atoms with Gasteiger partial charge in [0, 0.05) is 75.9 Å². The molecule has 0 saturated carbocycles. The first-order chi connectivity index (χ1) is 17.0. The molecular weight excluding hydrogens is 460 g/mol. The summed E-state index contributed by atoms with van der Waals surface area (Å²) < 4.78 is 9.47. The molecule has 6 rings (SSSR count). The summed E-state index contributed by atoms with van der Waals surface area (Å²) in [6.07, 6.45) is 4.91. The molecule has 0 spiro atoms. The van der Waals surface area contributed by atoms with Gasteiger partial charge < -0.3 is 19.1 Å². The highest BCUT2D eigenvalue weighted by atomic mass is 32.1. The Bertz CT molecular complexity index is 1450. The summed E-state index contributed by atoms with van der Waals surface area (Å²) >= 11 is 1.68. The maximum atomic E-state index is 13.3. The number of anilines is 1. The summed E-state index contributed by atoms with van der Waals surface area (Å²) in [6.45, 7) is 7.35. The van der Waals surface area contributed by atoms with Crippen molar-refractivity contribution in [2.45, 2.75) is 19.5 Å². The number of benzene rings is 1. The van der Waals surface area contributed by atoms with Crippen molar-refractivity contribution >= 4 is 38.1 Å². The average Bonchev–Trinajstić information content (AvgIpc) is 3.41. The van der Waals surface area contributed by atoms with Crippen LogP contribution in [0.4, 0.5) is 5.69 Å². The van der Waals surface area contributed by atoms with Crippen LogP contribution in [0.1, 0.15) is 10.4 Å². The molecule has 184 valence electrons. The van der Waals surface area contributed by atoms with Crippen molar-refractivity contribution in [1.82, 2.24) is 23.9 Å². The minimum atomic E-state index is 0.125. The van der Waals surface area contributed by atoms with Gasteiger partial charge in [0.05, 0.1) is 30.0 Å². The van der Waals surface area contributed by atoms with Gasteiger partial charge >= 0.3 is 0 Å². The number of likely N-dealkylation sites (N-methyl/N-ethyl adjacent to an activating group) is 1. The number of thiophene rings is 1. The quantitative estimate of drug-likeness (QED) is 0.427. The molecule has 0 N–H and O–H groups in total. The zero-order chi connectivity index (χ0) is 24.1. The van der Waals surface area contributed by atoms with E-state index in [-0.39, 0.29) is 5.56 Å². The first kappa shape index (κ1) is 22.6. The fourth-order valence-electron chi connectivity index (χ4n) is 5.50. The molecular formula is C26H32N6O2S. The summed E-state index contributed by atoms with van der Waals surface area (Å²) in [5, 5.41) is 2.09. The topological polar surface area (TPSA) is 58.8 Å². The van der Waals surface area contributed by atoms with Gasteiger partial charge in [-0.3, -0.25) is 14.3 Å². The second-order valence-electron chi connectivity index (χ2n) is 9.75. The monoisotopic (exact) mass is 492 g/mol. The van der Waals surface area contributed by atoms with Gasteiger partial charge in [0.15, 0.2) is 0 Å². The lowest BCUT2D eigenvalue weighted by atomic mass is 10.1. The largest absolute Gasteiger partial charge is 0.497 e. The van der Waals surface area contributed by atoms with E-state index in [0.29, 0.717) is 6.54 Å². The normalized spacial score (nSPS) is 17.4. The van der Waals surface area contributed by atoms with Crippen LogP contribution in [0.3, 0.4) is 0 Å². The molecule has 1 saturated heterocycles. The predicted molar refractivity (Wildman–Crippen MR) is 142 cm³/mol. The highest BCUT2D eigenvalue weighted by Crippen LogP contribution is 2.33. The third-order valence-corrected chi connectivity index (χ3v) is 8.69. The minimum Gasteiger partial charge on any atom is -0.497 e. The van der Waals surface area contributed by atoms with E-state index in [1.807, 2.05) is 10.6 Å². The third-order valence-electron chi connectivity index (χ3n) is 7.56. The molecule has 3 aromatic heterocycles. The highest BCUT2D eigenvalue weighted by Gasteiger charge is 2.23. The molecule has 1 fully saturated rings. The molecule has 2 aliphatic rings. The van der Waals surface area contributed by atoms with Gasteiger partial charge in [0.1, 0.15) is 10.6 Å². The fraction of sp³-hybridized carbons (Fsp3) is 0.462. The van der Waals surface area contributed by atoms with Crippen LogP contribution >= 0.6 is 11.3 Å². The van der Waals surface area contributed by atoms with Crippen LogP contribution in [-0.2, 0) is 26.6 Å². The molecule has 8 nitrogen and oxygen atoms in total. The van der Waals surface area contributed by atoms with E-state index < -0.39 is 0 Å². The Labute approximate surface area is 208 Å². The van der Waals surface area contributed by atoms with Gasteiger partial charge in [0.2, 0.25) is 0 Å². The number of aryl methyl sites for hydroxylation is 1. The van der Waals surface area contributed by atoms with E-state index >= 15 is 0 Å². The fourth-order valence-corrected chi connectivity index (χ4v) is 6.75. The van der Waals surface area contributed by atoms with Gasteiger partial charge in [-0.05, 0) is 37.2 Å². The number of fused-ring (bicyclic) bond motifs is 4. The molecule has 0 radical (unpaired) electrons. The smallest absolute Gasteiger partial charge is 0.262 e. The zero-order valence-corrected chi connectivity index (χ0v) is 21.5. The van der Waals surface area contributed by atoms with E-state index in [0.717, 1.165) is 68.2 Å². The maximum absolute atomic E-state index is 13.3. The van der Waals surface area contributed by atoms with Crippen LogP contribution in [0.25, 0.3) is 21.1 Å². The Morgan fingerprint density at radius 1 is 1.09 bits per heavy atom. The van der Waals surface area contributed by atoms with E-state index in [9.17, 15) is 4.79 Å². The number of hydrogen-bond donors (Lipinski definition) is 0. The van der Waals surface area contributed by atoms with Crippen molar-refractivity contribution in [3.63, 3.8) is 0 Å². The Kier molecular flexibility index (Phi) is 5.78. The summed E-state index contributed by atoms with van der Waals surface area (Å²) in [5.74, 6) is 0.888. The van der Waals surface area contributed by atoms with Crippen LogP contribution in [-0.4, -0.2) is 77.3 Å². The first-order valence-electron chi connectivity index (χ1n) is 12.3. The van der Waals surface area contributed by atoms with Crippen LogP contribution in [0.2, 0.25) is 0 Å². The van der Waals surface area contributed by atoms with Crippen molar-refractivity contribution in [3.05, 3.63) is 51.5 Å². The van der Waals surface area contributed by atoms with Crippen molar-refractivity contribution in [2.24, 2.45) is 7.05 Å². The highest BCUT2D eigenvalue weighted by molar-refractivity contribution is 7.18. The molecule has 35 heavy (non-hydrogen) atoms. The van der Waals surface area contributed by atoms with E-state index in [2.05, 4.69) is 56.7 Å². The number of ether oxygens (including phenoxy) is 1. The van der Waals surface area contributed by atoms with Crippen LogP contribution in [0.15, 0.2) is 35.5 Å². The minimum absolute atomic E-state index is 0.125. The molecule has 0 unspecified atom stereocenters. The summed E-state index contributed by atoms with van der Waals surface area (Å²) in [7, 11) is 5.95. The summed E-state index contributed by atoms with van der Waals surface area (Å²) in [5.41, 5.74) is 3.84. The van der Waals surface area contributed by atoms with Crippen molar-refractivity contribution in [1.29, 1.82) is 0 Å². The third kappa shape index (κ3) is 4.01. The van der Waals surface area contributed by atoms with E-state index in [1.54, 1.807) is 24.8 Å². The summed E-state index contributed by atoms with van der Waals surface area (Å²) in [6, 6.07) is 6.27. The molecule has 0 bridgehead atoms. The lowest BCUT2D eigenvalue weighted by Gasteiger charge is -2.35.